The third-order valence-corrected chi connectivity index (χ3v) is 4.17. The molecule has 2 amide bonds. The van der Waals surface area contributed by atoms with E-state index in [1.807, 2.05) is 0 Å². The van der Waals surface area contributed by atoms with Crippen LogP contribution in [-0.2, 0) is 16.0 Å². The van der Waals surface area contributed by atoms with Crippen LogP contribution in [0.2, 0.25) is 0 Å². The zero-order valence-corrected chi connectivity index (χ0v) is 15.3. The minimum atomic E-state index is -0.484. The van der Waals surface area contributed by atoms with Gasteiger partial charge in [0, 0.05) is 16.9 Å². The Balaban J connectivity index is 1.57. The zero-order valence-electron chi connectivity index (χ0n) is 15.3. The predicted octanol–water partition coefficient (Wildman–Crippen LogP) is 2.26. The summed E-state index contributed by atoms with van der Waals surface area (Å²) in [5.41, 5.74) is 2.76. The van der Waals surface area contributed by atoms with Crippen molar-refractivity contribution in [2.24, 2.45) is 0 Å². The number of anilines is 2. The van der Waals surface area contributed by atoms with Gasteiger partial charge in [0.1, 0.15) is 24.5 Å². The Hall–Kier alpha value is -3.49. The van der Waals surface area contributed by atoms with Crippen LogP contribution in [0.1, 0.15) is 30.0 Å². The van der Waals surface area contributed by atoms with Crippen molar-refractivity contribution in [1.82, 2.24) is 19.9 Å². The summed E-state index contributed by atoms with van der Waals surface area (Å²) in [5, 5.41) is 13.4. The van der Waals surface area contributed by atoms with Gasteiger partial charge in [0.25, 0.3) is 0 Å². The molecule has 140 valence electrons. The Morgan fingerprint density at radius 2 is 1.81 bits per heavy atom. The van der Waals surface area contributed by atoms with E-state index < -0.39 is 6.04 Å². The van der Waals surface area contributed by atoms with Crippen LogP contribution in [0.15, 0.2) is 41.4 Å². The van der Waals surface area contributed by atoms with Crippen molar-refractivity contribution in [3.63, 3.8) is 0 Å². The molecule has 0 fully saturated rings. The van der Waals surface area contributed by atoms with Crippen molar-refractivity contribution in [1.29, 1.82) is 0 Å². The molecule has 2 heterocycles. The maximum absolute atomic E-state index is 12.2. The molecule has 0 radical (unpaired) electrons. The van der Waals surface area contributed by atoms with Gasteiger partial charge in [-0.3, -0.25) is 9.59 Å². The Labute approximate surface area is 155 Å². The molecule has 0 bridgehead atoms. The number of nitrogens with one attached hydrogen (secondary N) is 2. The van der Waals surface area contributed by atoms with Crippen LogP contribution in [0, 0.1) is 13.8 Å². The summed E-state index contributed by atoms with van der Waals surface area (Å²) < 4.78 is 6.54. The number of rotatable bonds is 6. The van der Waals surface area contributed by atoms with Gasteiger partial charge in [-0.15, -0.1) is 0 Å². The molecule has 9 heteroatoms. The summed E-state index contributed by atoms with van der Waals surface area (Å²) in [5.74, 6) is 0.263. The maximum atomic E-state index is 12.2. The van der Waals surface area contributed by atoms with Crippen molar-refractivity contribution in [2.75, 3.05) is 10.6 Å². The van der Waals surface area contributed by atoms with E-state index in [-0.39, 0.29) is 18.2 Å². The molecule has 3 aromatic rings. The first-order valence-electron chi connectivity index (χ1n) is 8.40. The number of nitrogens with zero attached hydrogens (tertiary/aromatic N) is 4. The molecule has 27 heavy (non-hydrogen) atoms. The summed E-state index contributed by atoms with van der Waals surface area (Å²) in [6.45, 7) is 5.31. The molecule has 0 spiro atoms. The summed E-state index contributed by atoms with van der Waals surface area (Å²) in [6, 6.07) is 6.40. The summed E-state index contributed by atoms with van der Waals surface area (Å²) in [4.78, 5) is 28.3. The van der Waals surface area contributed by atoms with Crippen molar-refractivity contribution in [3.05, 3.63) is 53.9 Å². The second-order valence-electron chi connectivity index (χ2n) is 6.15. The smallest absolute Gasteiger partial charge is 0.249 e. The highest BCUT2D eigenvalue weighted by molar-refractivity contribution is 5.95. The van der Waals surface area contributed by atoms with Crippen LogP contribution in [0.5, 0.6) is 0 Å². The minimum absolute atomic E-state index is 0.166. The molecule has 1 atom stereocenters. The van der Waals surface area contributed by atoms with Crippen molar-refractivity contribution >= 4 is 23.2 Å². The van der Waals surface area contributed by atoms with E-state index in [4.69, 9.17) is 4.52 Å². The molecule has 0 saturated heterocycles. The number of amides is 2. The first-order valence-corrected chi connectivity index (χ1v) is 8.40. The maximum Gasteiger partial charge on any atom is 0.249 e. The number of benzene rings is 1. The summed E-state index contributed by atoms with van der Waals surface area (Å²) in [6.07, 6.45) is 3.06. The van der Waals surface area contributed by atoms with E-state index in [1.165, 1.54) is 17.3 Å². The van der Waals surface area contributed by atoms with Gasteiger partial charge in [0.2, 0.25) is 11.8 Å². The fourth-order valence-corrected chi connectivity index (χ4v) is 2.54. The van der Waals surface area contributed by atoms with Crippen LogP contribution in [0.3, 0.4) is 0 Å². The van der Waals surface area contributed by atoms with Gasteiger partial charge in [-0.2, -0.15) is 5.10 Å². The van der Waals surface area contributed by atoms with E-state index in [0.717, 1.165) is 5.56 Å². The number of carbonyl (C=O) groups is 2. The van der Waals surface area contributed by atoms with Gasteiger partial charge in [-0.25, -0.2) is 9.67 Å². The fourth-order valence-electron chi connectivity index (χ4n) is 2.54. The number of aryl methyl sites for hydroxylation is 2. The number of aromatic nitrogens is 4. The van der Waals surface area contributed by atoms with Gasteiger partial charge >= 0.3 is 0 Å². The highest BCUT2D eigenvalue weighted by Crippen LogP contribution is 2.17. The SMILES string of the molecule is Cc1noc(C)c1CC(=O)Nc1ccc(NC(=O)[C@H](C)n2cncn2)cc1. The van der Waals surface area contributed by atoms with Gasteiger partial charge < -0.3 is 15.2 Å². The number of hydrogen-bond donors (Lipinski definition) is 2. The second-order valence-corrected chi connectivity index (χ2v) is 6.15. The Bertz CT molecular complexity index is 911. The Kier molecular flexibility index (Phi) is 5.30. The first kappa shape index (κ1) is 18.3. The average molecular weight is 368 g/mol. The molecule has 0 aliphatic heterocycles. The van der Waals surface area contributed by atoms with Crippen LogP contribution in [0.25, 0.3) is 0 Å². The molecule has 9 nitrogen and oxygen atoms in total. The standard InChI is InChI=1S/C18H20N6O3/c1-11-16(13(3)27-23-11)8-17(25)21-14-4-6-15(7-5-14)22-18(26)12(2)24-10-19-9-20-24/h4-7,9-10,12H,8H2,1-3H3,(H,21,25)(H,22,26)/t12-/m0/s1. The van der Waals surface area contributed by atoms with Crippen LogP contribution >= 0.6 is 0 Å². The average Bonchev–Trinajstić information content (AvgIpc) is 3.28. The van der Waals surface area contributed by atoms with E-state index in [0.29, 0.717) is 22.8 Å². The zero-order chi connectivity index (χ0) is 19.4. The van der Waals surface area contributed by atoms with Gasteiger partial charge in [0.15, 0.2) is 0 Å². The summed E-state index contributed by atoms with van der Waals surface area (Å²) in [7, 11) is 0. The normalized spacial score (nSPS) is 11.8. The van der Waals surface area contributed by atoms with E-state index >= 15 is 0 Å². The topological polar surface area (TPSA) is 115 Å². The number of carbonyl (C=O) groups excluding carboxylic acids is 2. The third-order valence-electron chi connectivity index (χ3n) is 4.17. The fraction of sp³-hybridized carbons (Fsp3) is 0.278. The lowest BCUT2D eigenvalue weighted by atomic mass is 10.1. The quantitative estimate of drug-likeness (QED) is 0.690. The molecular weight excluding hydrogens is 348 g/mol. The van der Waals surface area contributed by atoms with Crippen LogP contribution < -0.4 is 10.6 Å². The molecule has 2 N–H and O–H groups in total. The molecule has 2 aromatic heterocycles. The third kappa shape index (κ3) is 4.38. The lowest BCUT2D eigenvalue weighted by molar-refractivity contribution is -0.119. The molecule has 3 rings (SSSR count). The van der Waals surface area contributed by atoms with E-state index in [1.54, 1.807) is 45.0 Å². The van der Waals surface area contributed by atoms with Crippen LogP contribution in [-0.4, -0.2) is 31.7 Å². The Morgan fingerprint density at radius 3 is 2.37 bits per heavy atom. The lowest BCUT2D eigenvalue weighted by Gasteiger charge is -2.12. The van der Waals surface area contributed by atoms with Gasteiger partial charge in [-0.1, -0.05) is 5.16 Å². The monoisotopic (exact) mass is 368 g/mol. The van der Waals surface area contributed by atoms with Gasteiger partial charge in [-0.05, 0) is 45.0 Å². The largest absolute Gasteiger partial charge is 0.361 e. The van der Waals surface area contributed by atoms with Gasteiger partial charge in [0.05, 0.1) is 12.1 Å². The van der Waals surface area contributed by atoms with Crippen molar-refractivity contribution < 1.29 is 14.1 Å². The molecule has 1 aromatic carbocycles. The predicted molar refractivity (Wildman–Crippen MR) is 98.1 cm³/mol. The molecule has 0 aliphatic carbocycles. The summed E-state index contributed by atoms with van der Waals surface area (Å²) >= 11 is 0. The van der Waals surface area contributed by atoms with Crippen molar-refractivity contribution in [3.8, 4) is 0 Å². The highest BCUT2D eigenvalue weighted by atomic mass is 16.5. The van der Waals surface area contributed by atoms with E-state index in [9.17, 15) is 9.59 Å². The second kappa shape index (κ2) is 7.81. The van der Waals surface area contributed by atoms with Crippen molar-refractivity contribution in [2.45, 2.75) is 33.2 Å². The highest BCUT2D eigenvalue weighted by Gasteiger charge is 2.16. The van der Waals surface area contributed by atoms with E-state index in [2.05, 4.69) is 25.9 Å². The lowest BCUT2D eigenvalue weighted by Crippen LogP contribution is -2.24. The molecular formula is C18H20N6O3. The molecule has 0 saturated carbocycles. The Morgan fingerprint density at radius 1 is 1.15 bits per heavy atom. The molecule has 0 aliphatic rings. The molecule has 0 unspecified atom stereocenters. The number of hydrogen-bond acceptors (Lipinski definition) is 6. The van der Waals surface area contributed by atoms with Crippen LogP contribution in [0.4, 0.5) is 11.4 Å². The minimum Gasteiger partial charge on any atom is -0.361 e. The first-order chi connectivity index (χ1) is 12.9.